The van der Waals surface area contributed by atoms with Gasteiger partial charge in [-0.2, -0.15) is 0 Å². The Bertz CT molecular complexity index is 859. The summed E-state index contributed by atoms with van der Waals surface area (Å²) in [4.78, 5) is 24.9. The number of benzene rings is 1. The van der Waals surface area contributed by atoms with Crippen LogP contribution in [0.4, 0.5) is 0 Å². The van der Waals surface area contributed by atoms with Crippen molar-refractivity contribution in [2.45, 2.75) is 6.92 Å². The maximum absolute atomic E-state index is 12.1. The lowest BCUT2D eigenvalue weighted by atomic mass is 10.2. The number of thioether (sulfide) groups is 1. The Morgan fingerprint density at radius 1 is 1.32 bits per heavy atom. The van der Waals surface area contributed by atoms with Crippen LogP contribution in [0.1, 0.15) is 22.2 Å². The highest BCUT2D eigenvalue weighted by molar-refractivity contribution is 8.26. The molecule has 1 amide bonds. The summed E-state index contributed by atoms with van der Waals surface area (Å²) in [5, 5.41) is 4.38. The Kier molecular flexibility index (Phi) is 5.52. The smallest absolute Gasteiger partial charge is 0.353 e. The van der Waals surface area contributed by atoms with Crippen molar-refractivity contribution in [1.82, 2.24) is 5.32 Å². The Morgan fingerprint density at radius 2 is 2.16 bits per heavy atom. The molecule has 5 nitrogen and oxygen atoms in total. The summed E-state index contributed by atoms with van der Waals surface area (Å²) < 4.78 is 11.4. The molecule has 8 heteroatoms. The molecule has 0 spiro atoms. The maximum Gasteiger partial charge on any atom is 0.353 e. The molecule has 128 valence electrons. The number of hydrogen-bond donors (Lipinski definition) is 1. The van der Waals surface area contributed by atoms with Gasteiger partial charge < -0.3 is 14.8 Å². The zero-order valence-corrected chi connectivity index (χ0v) is 15.6. The summed E-state index contributed by atoms with van der Waals surface area (Å²) in [6.07, 6.45) is 1.71. The van der Waals surface area contributed by atoms with Gasteiger partial charge in [-0.1, -0.05) is 36.1 Å². The van der Waals surface area contributed by atoms with Gasteiger partial charge >= 0.3 is 5.97 Å². The highest BCUT2D eigenvalue weighted by Crippen LogP contribution is 2.32. The van der Waals surface area contributed by atoms with Gasteiger partial charge in [0.25, 0.3) is 5.91 Å². The molecule has 0 bridgehead atoms. The highest BCUT2D eigenvalue weighted by atomic mass is 32.2. The molecule has 25 heavy (non-hydrogen) atoms. The van der Waals surface area contributed by atoms with Crippen molar-refractivity contribution < 1.29 is 19.1 Å². The molecule has 3 rings (SSSR count). The molecule has 2 heterocycles. The number of hydrogen-bond acceptors (Lipinski definition) is 7. The Morgan fingerprint density at radius 3 is 2.80 bits per heavy atom. The van der Waals surface area contributed by atoms with Gasteiger partial charge in [0.15, 0.2) is 11.5 Å². The second-order valence-electron chi connectivity index (χ2n) is 4.86. The molecular formula is C17H13NO4S3. The van der Waals surface area contributed by atoms with E-state index >= 15 is 0 Å². The molecule has 1 aliphatic rings. The Balaban J connectivity index is 1.85. The van der Waals surface area contributed by atoms with Gasteiger partial charge in [-0.3, -0.25) is 4.79 Å². The van der Waals surface area contributed by atoms with Crippen molar-refractivity contribution in [3.05, 3.63) is 51.1 Å². The lowest BCUT2D eigenvalue weighted by Gasteiger charge is -2.11. The number of thiocarbonyl (C=S) groups is 1. The summed E-state index contributed by atoms with van der Waals surface area (Å²) in [5.74, 6) is 0.119. The fourth-order valence-electron chi connectivity index (χ4n) is 2.08. The van der Waals surface area contributed by atoms with Crippen LogP contribution < -0.4 is 14.8 Å². The molecule has 0 aliphatic carbocycles. The molecule has 1 aliphatic heterocycles. The second-order valence-corrected chi connectivity index (χ2v) is 7.52. The largest absolute Gasteiger partial charge is 0.490 e. The van der Waals surface area contributed by atoms with Crippen LogP contribution in [-0.2, 0) is 4.79 Å². The number of carbonyl (C=O) groups is 2. The van der Waals surface area contributed by atoms with E-state index in [9.17, 15) is 9.59 Å². The van der Waals surface area contributed by atoms with Gasteiger partial charge in [0.2, 0.25) is 0 Å². The fourth-order valence-corrected chi connectivity index (χ4v) is 3.73. The molecule has 1 aromatic carbocycles. The van der Waals surface area contributed by atoms with Crippen LogP contribution in [0, 0.1) is 0 Å². The molecule has 1 saturated heterocycles. The van der Waals surface area contributed by atoms with E-state index in [0.29, 0.717) is 32.2 Å². The van der Waals surface area contributed by atoms with Gasteiger partial charge in [-0.15, -0.1) is 11.3 Å². The third-order valence-corrected chi connectivity index (χ3v) is 5.15. The molecule has 0 unspecified atom stereocenters. The SMILES string of the molecule is CCOc1cc(/C=C2/SC(=S)NC2=O)ccc1OC(=O)c1cccs1. The molecular weight excluding hydrogens is 378 g/mol. The standard InChI is InChI=1S/C17H13NO4S3/c1-2-21-12-8-10(9-14-15(19)18-17(23)25-14)5-6-11(12)22-16(20)13-4-3-7-24-13/h3-9H,2H2,1H3,(H,18,19,23)/b14-9+. The Labute approximate surface area is 158 Å². The number of thiophene rings is 1. The van der Waals surface area contributed by atoms with E-state index in [1.807, 2.05) is 12.3 Å². The number of carbonyl (C=O) groups excluding carboxylic acids is 2. The quantitative estimate of drug-likeness (QED) is 0.361. The first-order valence-electron chi connectivity index (χ1n) is 7.34. The fraction of sp³-hybridized carbons (Fsp3) is 0.118. The first-order chi connectivity index (χ1) is 12.1. The number of nitrogens with one attached hydrogen (secondary N) is 1. The van der Waals surface area contributed by atoms with E-state index in [2.05, 4.69) is 5.32 Å². The predicted molar refractivity (Wildman–Crippen MR) is 103 cm³/mol. The summed E-state index contributed by atoms with van der Waals surface area (Å²) in [6, 6.07) is 8.61. The Hall–Kier alpha value is -2.16. The first kappa shape index (κ1) is 17.7. The van der Waals surface area contributed by atoms with Crippen molar-refractivity contribution in [3.63, 3.8) is 0 Å². The van der Waals surface area contributed by atoms with Crippen LogP contribution >= 0.6 is 35.3 Å². The first-order valence-corrected chi connectivity index (χ1v) is 9.44. The predicted octanol–water partition coefficient (Wildman–Crippen LogP) is 3.85. The minimum absolute atomic E-state index is 0.221. The van der Waals surface area contributed by atoms with Crippen LogP contribution in [0.25, 0.3) is 6.08 Å². The summed E-state index contributed by atoms with van der Waals surface area (Å²) >= 11 is 7.49. The average molecular weight is 391 g/mol. The van der Waals surface area contributed by atoms with E-state index in [4.69, 9.17) is 21.7 Å². The van der Waals surface area contributed by atoms with Gasteiger partial charge in [0, 0.05) is 0 Å². The summed E-state index contributed by atoms with van der Waals surface area (Å²) in [7, 11) is 0. The molecule has 1 aromatic heterocycles. The lowest BCUT2D eigenvalue weighted by molar-refractivity contribution is -0.115. The van der Waals surface area contributed by atoms with Crippen LogP contribution in [0.5, 0.6) is 11.5 Å². The summed E-state index contributed by atoms with van der Waals surface area (Å²) in [6.45, 7) is 2.26. The molecule has 1 N–H and O–H groups in total. The van der Waals surface area contributed by atoms with E-state index in [-0.39, 0.29) is 5.91 Å². The number of amides is 1. The molecule has 0 radical (unpaired) electrons. The molecule has 2 aromatic rings. The minimum atomic E-state index is -0.432. The lowest BCUT2D eigenvalue weighted by Crippen LogP contribution is -2.17. The molecule has 0 saturated carbocycles. The number of ether oxygens (including phenoxy) is 2. The zero-order valence-electron chi connectivity index (χ0n) is 13.1. The van der Waals surface area contributed by atoms with E-state index in [0.717, 1.165) is 5.56 Å². The van der Waals surface area contributed by atoms with E-state index in [1.165, 1.54) is 23.1 Å². The zero-order chi connectivity index (χ0) is 17.8. The van der Waals surface area contributed by atoms with Crippen LogP contribution in [-0.4, -0.2) is 22.8 Å². The third kappa shape index (κ3) is 4.28. The normalized spacial score (nSPS) is 15.3. The highest BCUT2D eigenvalue weighted by Gasteiger charge is 2.22. The van der Waals surface area contributed by atoms with Crippen LogP contribution in [0.2, 0.25) is 0 Å². The second kappa shape index (κ2) is 7.81. The number of esters is 1. The topological polar surface area (TPSA) is 64.6 Å². The van der Waals surface area contributed by atoms with Gasteiger partial charge in [0.1, 0.15) is 9.20 Å². The summed E-state index contributed by atoms with van der Waals surface area (Å²) in [5.41, 5.74) is 0.752. The van der Waals surface area contributed by atoms with Gasteiger partial charge in [-0.25, -0.2) is 4.79 Å². The van der Waals surface area contributed by atoms with Crippen molar-refractivity contribution in [1.29, 1.82) is 0 Å². The third-order valence-electron chi connectivity index (χ3n) is 3.13. The van der Waals surface area contributed by atoms with Crippen LogP contribution in [0.3, 0.4) is 0 Å². The van der Waals surface area contributed by atoms with Crippen molar-refractivity contribution >= 4 is 57.6 Å². The average Bonchev–Trinajstić information content (AvgIpc) is 3.20. The van der Waals surface area contributed by atoms with Crippen molar-refractivity contribution in [2.24, 2.45) is 0 Å². The molecule has 1 fully saturated rings. The minimum Gasteiger partial charge on any atom is -0.490 e. The maximum atomic E-state index is 12.1. The molecule has 0 atom stereocenters. The number of rotatable bonds is 5. The van der Waals surface area contributed by atoms with Gasteiger partial charge in [0.05, 0.1) is 11.5 Å². The van der Waals surface area contributed by atoms with E-state index < -0.39 is 5.97 Å². The van der Waals surface area contributed by atoms with Gasteiger partial charge in [-0.05, 0) is 42.1 Å². The van der Waals surface area contributed by atoms with E-state index in [1.54, 1.807) is 36.4 Å². The van der Waals surface area contributed by atoms with Crippen LogP contribution in [0.15, 0.2) is 40.6 Å². The van der Waals surface area contributed by atoms with Crippen molar-refractivity contribution in [3.8, 4) is 11.5 Å². The van der Waals surface area contributed by atoms with Crippen molar-refractivity contribution in [2.75, 3.05) is 6.61 Å². The monoisotopic (exact) mass is 391 g/mol.